The van der Waals surface area contributed by atoms with Gasteiger partial charge in [-0.05, 0) is 49.7 Å². The largest absolute Gasteiger partial charge is 0.397 e. The van der Waals surface area contributed by atoms with Gasteiger partial charge in [-0.15, -0.1) is 11.3 Å². The van der Waals surface area contributed by atoms with E-state index in [1.54, 1.807) is 31.2 Å². The van der Waals surface area contributed by atoms with Gasteiger partial charge in [-0.1, -0.05) is 42.3 Å². The van der Waals surface area contributed by atoms with Gasteiger partial charge in [0.25, 0.3) is 0 Å². The van der Waals surface area contributed by atoms with Crippen molar-refractivity contribution < 1.29 is 14.0 Å². The first-order chi connectivity index (χ1) is 15.1. The SMILES string of the molecule is CC(=O)C1C(C)=Nc2sc(C(=O)c3ccc(Cl)c(Cl)c3)c(N)c2C1(C)c1cccc(F)c1. The Morgan fingerprint density at radius 2 is 1.88 bits per heavy atom. The molecular formula is C24H19Cl2FN2O2S. The lowest BCUT2D eigenvalue weighted by Gasteiger charge is -2.40. The number of rotatable bonds is 4. The summed E-state index contributed by atoms with van der Waals surface area (Å²) in [6, 6.07) is 10.7. The number of hydrogen-bond donors (Lipinski definition) is 1. The van der Waals surface area contributed by atoms with E-state index < -0.39 is 17.2 Å². The molecule has 2 unspecified atom stereocenters. The molecule has 2 atom stereocenters. The lowest BCUT2D eigenvalue weighted by atomic mass is 9.63. The number of anilines is 1. The monoisotopic (exact) mass is 488 g/mol. The second kappa shape index (κ2) is 8.10. The zero-order valence-electron chi connectivity index (χ0n) is 17.5. The van der Waals surface area contributed by atoms with E-state index in [4.69, 9.17) is 28.9 Å². The molecule has 164 valence electrons. The first-order valence-electron chi connectivity index (χ1n) is 9.79. The number of carbonyl (C=O) groups is 2. The van der Waals surface area contributed by atoms with Crippen LogP contribution < -0.4 is 5.73 Å². The minimum Gasteiger partial charge on any atom is -0.397 e. The van der Waals surface area contributed by atoms with Crippen molar-refractivity contribution in [3.8, 4) is 0 Å². The molecular weight excluding hydrogens is 470 g/mol. The molecule has 8 heteroatoms. The molecule has 2 heterocycles. The first-order valence-corrected chi connectivity index (χ1v) is 11.4. The van der Waals surface area contributed by atoms with Gasteiger partial charge in [0.05, 0.1) is 21.7 Å². The zero-order chi connectivity index (χ0) is 23.4. The van der Waals surface area contributed by atoms with Crippen LogP contribution in [-0.4, -0.2) is 17.3 Å². The van der Waals surface area contributed by atoms with E-state index in [9.17, 15) is 14.0 Å². The summed E-state index contributed by atoms with van der Waals surface area (Å²) >= 11 is 13.2. The minimum atomic E-state index is -0.994. The van der Waals surface area contributed by atoms with Gasteiger partial charge in [0, 0.05) is 22.3 Å². The van der Waals surface area contributed by atoms with Crippen molar-refractivity contribution in [2.45, 2.75) is 26.2 Å². The standard InChI is InChI=1S/C24H19Cl2FN2O2S/c1-11-18(12(2)30)24(3,14-5-4-6-15(27)10-14)19-20(28)22(32-23(19)29-11)21(31)13-7-8-16(25)17(26)9-13/h4-10,18H,28H2,1-3H3. The highest BCUT2D eigenvalue weighted by molar-refractivity contribution is 7.18. The summed E-state index contributed by atoms with van der Waals surface area (Å²) in [5, 5.41) is 1.13. The number of nitrogens with zero attached hydrogens (tertiary/aromatic N) is 1. The van der Waals surface area contributed by atoms with Crippen molar-refractivity contribution in [2.75, 3.05) is 5.73 Å². The summed E-state index contributed by atoms with van der Waals surface area (Å²) in [5.74, 6) is -1.52. The second-order valence-corrected chi connectivity index (χ2v) is 9.81. The Hall–Kier alpha value is -2.54. The second-order valence-electron chi connectivity index (χ2n) is 7.99. The average molecular weight is 489 g/mol. The van der Waals surface area contributed by atoms with Crippen LogP contribution in [0.5, 0.6) is 0 Å². The first kappa shape index (κ1) is 22.6. The van der Waals surface area contributed by atoms with Gasteiger partial charge in [0.1, 0.15) is 21.5 Å². The van der Waals surface area contributed by atoms with Gasteiger partial charge in [0.2, 0.25) is 5.78 Å². The predicted molar refractivity (Wildman–Crippen MR) is 128 cm³/mol. The number of halogens is 3. The molecule has 1 aliphatic rings. The Labute approximate surface area is 198 Å². The topological polar surface area (TPSA) is 72.5 Å². The van der Waals surface area contributed by atoms with Crippen molar-refractivity contribution in [3.63, 3.8) is 0 Å². The number of carbonyl (C=O) groups excluding carboxylic acids is 2. The maximum Gasteiger partial charge on any atom is 0.205 e. The third-order valence-electron chi connectivity index (χ3n) is 5.94. The molecule has 0 spiro atoms. The molecule has 1 aliphatic heterocycles. The predicted octanol–water partition coefficient (Wildman–Crippen LogP) is 6.62. The van der Waals surface area contributed by atoms with Gasteiger partial charge in [-0.2, -0.15) is 0 Å². The van der Waals surface area contributed by atoms with Crippen LogP contribution in [0.25, 0.3) is 0 Å². The Morgan fingerprint density at radius 1 is 1.16 bits per heavy atom. The lowest BCUT2D eigenvalue weighted by molar-refractivity contribution is -0.120. The summed E-state index contributed by atoms with van der Waals surface area (Å²) in [6.07, 6.45) is 0. The third-order valence-corrected chi connectivity index (χ3v) is 7.77. The Balaban J connectivity index is 1.96. The van der Waals surface area contributed by atoms with Crippen LogP contribution in [0.3, 0.4) is 0 Å². The quantitative estimate of drug-likeness (QED) is 0.419. The van der Waals surface area contributed by atoms with Crippen molar-refractivity contribution in [2.24, 2.45) is 10.9 Å². The molecule has 0 saturated heterocycles. The number of hydrogen-bond acceptors (Lipinski definition) is 5. The molecule has 32 heavy (non-hydrogen) atoms. The van der Waals surface area contributed by atoms with Crippen LogP contribution in [0.1, 0.15) is 47.1 Å². The smallest absolute Gasteiger partial charge is 0.205 e. The maximum atomic E-state index is 14.2. The van der Waals surface area contributed by atoms with E-state index in [1.165, 1.54) is 25.1 Å². The molecule has 4 rings (SSSR count). The van der Waals surface area contributed by atoms with E-state index >= 15 is 0 Å². The summed E-state index contributed by atoms with van der Waals surface area (Å²) in [4.78, 5) is 30.9. The summed E-state index contributed by atoms with van der Waals surface area (Å²) in [7, 11) is 0. The average Bonchev–Trinajstić information content (AvgIpc) is 3.05. The van der Waals surface area contributed by atoms with E-state index in [2.05, 4.69) is 4.99 Å². The third kappa shape index (κ3) is 3.47. The van der Waals surface area contributed by atoms with Gasteiger partial charge in [-0.3, -0.25) is 9.59 Å². The van der Waals surface area contributed by atoms with Crippen LogP contribution >= 0.6 is 34.5 Å². The normalized spacial score (nSPS) is 19.9. The highest BCUT2D eigenvalue weighted by Crippen LogP contribution is 2.54. The molecule has 0 aliphatic carbocycles. The lowest BCUT2D eigenvalue weighted by Crippen LogP contribution is -2.43. The number of fused-ring (bicyclic) bond motifs is 1. The van der Waals surface area contributed by atoms with Crippen LogP contribution in [0.15, 0.2) is 47.5 Å². The number of aliphatic imine (C=N–C) groups is 1. The van der Waals surface area contributed by atoms with Gasteiger partial charge in [-0.25, -0.2) is 9.38 Å². The molecule has 1 aromatic heterocycles. The highest BCUT2D eigenvalue weighted by Gasteiger charge is 2.49. The van der Waals surface area contributed by atoms with E-state index in [0.717, 1.165) is 11.3 Å². The van der Waals surface area contributed by atoms with Crippen molar-refractivity contribution in [3.05, 3.63) is 79.9 Å². The van der Waals surface area contributed by atoms with E-state index in [-0.39, 0.29) is 27.2 Å². The summed E-state index contributed by atoms with van der Waals surface area (Å²) < 4.78 is 14.2. The fourth-order valence-corrected chi connectivity index (χ4v) is 6.09. The molecule has 3 aromatic rings. The molecule has 2 aromatic carbocycles. The Bertz CT molecular complexity index is 1320. The van der Waals surface area contributed by atoms with Crippen molar-refractivity contribution in [1.82, 2.24) is 0 Å². The number of thiophene rings is 1. The molecule has 0 fully saturated rings. The molecule has 0 bridgehead atoms. The minimum absolute atomic E-state index is 0.119. The van der Waals surface area contributed by atoms with Gasteiger partial charge < -0.3 is 5.73 Å². The van der Waals surface area contributed by atoms with Crippen LogP contribution in [0, 0.1) is 11.7 Å². The molecule has 2 N–H and O–H groups in total. The van der Waals surface area contributed by atoms with Crippen LogP contribution in [0.2, 0.25) is 10.0 Å². The fourth-order valence-electron chi connectivity index (χ4n) is 4.56. The summed E-state index contributed by atoms with van der Waals surface area (Å²) in [5.41, 5.74) is 7.85. The number of benzene rings is 2. The molecule has 0 amide bonds. The maximum absolute atomic E-state index is 14.2. The van der Waals surface area contributed by atoms with Gasteiger partial charge >= 0.3 is 0 Å². The summed E-state index contributed by atoms with van der Waals surface area (Å²) in [6.45, 7) is 5.10. The number of nitrogens with two attached hydrogens (primary N) is 1. The number of nitrogen functional groups attached to an aromatic ring is 1. The van der Waals surface area contributed by atoms with Crippen molar-refractivity contribution in [1.29, 1.82) is 0 Å². The molecule has 4 nitrogen and oxygen atoms in total. The van der Waals surface area contributed by atoms with Gasteiger partial charge in [0.15, 0.2) is 0 Å². The number of Topliss-reactive ketones (excluding diaryl/α,β-unsaturated/α-hetero) is 1. The van der Waals surface area contributed by atoms with Crippen molar-refractivity contribution >= 4 is 62.5 Å². The molecule has 0 radical (unpaired) electrons. The zero-order valence-corrected chi connectivity index (χ0v) is 19.8. The van der Waals surface area contributed by atoms with Crippen LogP contribution in [0.4, 0.5) is 15.1 Å². The van der Waals surface area contributed by atoms with E-state index in [0.29, 0.717) is 32.4 Å². The van der Waals surface area contributed by atoms with Crippen LogP contribution in [-0.2, 0) is 10.2 Å². The number of ketones is 2. The highest BCUT2D eigenvalue weighted by atomic mass is 35.5. The molecule has 0 saturated carbocycles. The van der Waals surface area contributed by atoms with E-state index in [1.807, 2.05) is 6.92 Å². The Morgan fingerprint density at radius 3 is 2.50 bits per heavy atom. The Kier molecular flexibility index (Phi) is 5.74. The fraction of sp³-hybridized carbons (Fsp3) is 0.208.